The topological polar surface area (TPSA) is 97.0 Å². The third-order valence-electron chi connectivity index (χ3n) is 5.58. The molecule has 2 N–H and O–H groups in total. The van der Waals surface area contributed by atoms with E-state index in [-0.39, 0.29) is 40.1 Å². The van der Waals surface area contributed by atoms with Crippen molar-refractivity contribution in [1.82, 2.24) is 10.2 Å². The first-order valence-electron chi connectivity index (χ1n) is 10.7. The van der Waals surface area contributed by atoms with Crippen LogP contribution in [0.4, 0.5) is 5.69 Å². The fourth-order valence-electron chi connectivity index (χ4n) is 3.57. The summed E-state index contributed by atoms with van der Waals surface area (Å²) in [5.74, 6) is 0.264. The van der Waals surface area contributed by atoms with Gasteiger partial charge < -0.3 is 19.7 Å². The molecular weight excluding hydrogens is 466 g/mol. The zero-order chi connectivity index (χ0) is 24.2. The summed E-state index contributed by atoms with van der Waals surface area (Å²) in [7, 11) is -0.569. The molecule has 0 unspecified atom stereocenters. The van der Waals surface area contributed by atoms with E-state index in [2.05, 4.69) is 17.0 Å². The number of carbonyl (C=O) groups is 1. The van der Waals surface area contributed by atoms with Crippen molar-refractivity contribution in [2.45, 2.75) is 30.9 Å². The van der Waals surface area contributed by atoms with Crippen molar-refractivity contribution in [3.63, 3.8) is 0 Å². The number of amides is 1. The Bertz CT molecular complexity index is 1100. The van der Waals surface area contributed by atoms with Crippen molar-refractivity contribution in [2.75, 3.05) is 38.6 Å². The van der Waals surface area contributed by atoms with Gasteiger partial charge in [0.25, 0.3) is 15.9 Å². The molecule has 180 valence electrons. The van der Waals surface area contributed by atoms with Crippen LogP contribution in [0.25, 0.3) is 0 Å². The van der Waals surface area contributed by atoms with E-state index >= 15 is 0 Å². The number of sulfonamides is 1. The van der Waals surface area contributed by atoms with Crippen molar-refractivity contribution in [3.8, 4) is 5.75 Å². The van der Waals surface area contributed by atoms with Crippen LogP contribution in [0.1, 0.15) is 24.2 Å². The standard InChI is InChI=1S/C23H30ClN3O5S/c1-15-12-25-16(2)14-32-21-9-8-18(11-20(21)23(28)27(3)13-22(15)31-4)26-33(29,30)19-7-5-6-17(24)10-19/h5-11,15-16,22,25-26H,12-14H2,1-4H3/t15-,16-,22-/m0/s1. The van der Waals surface area contributed by atoms with Crippen LogP contribution in [0.2, 0.25) is 5.02 Å². The van der Waals surface area contributed by atoms with E-state index in [1.54, 1.807) is 43.3 Å². The molecule has 2 aromatic rings. The summed E-state index contributed by atoms with van der Waals surface area (Å²) in [6.45, 7) is 5.52. The van der Waals surface area contributed by atoms with Gasteiger partial charge in [-0.05, 0) is 49.2 Å². The van der Waals surface area contributed by atoms with Gasteiger partial charge in [0.2, 0.25) is 0 Å². The summed E-state index contributed by atoms with van der Waals surface area (Å²) in [4.78, 5) is 14.9. The van der Waals surface area contributed by atoms with Crippen molar-refractivity contribution < 1.29 is 22.7 Å². The minimum absolute atomic E-state index is 0.0271. The van der Waals surface area contributed by atoms with Crippen LogP contribution < -0.4 is 14.8 Å². The van der Waals surface area contributed by atoms with E-state index in [1.807, 2.05) is 6.92 Å². The van der Waals surface area contributed by atoms with E-state index in [4.69, 9.17) is 21.1 Å². The Balaban J connectivity index is 1.94. The number of benzene rings is 2. The van der Waals surface area contributed by atoms with Crippen LogP contribution >= 0.6 is 11.6 Å². The quantitative estimate of drug-likeness (QED) is 0.676. The van der Waals surface area contributed by atoms with Gasteiger partial charge in [-0.3, -0.25) is 9.52 Å². The fraction of sp³-hybridized carbons (Fsp3) is 0.435. The third kappa shape index (κ3) is 6.38. The molecule has 0 radical (unpaired) electrons. The summed E-state index contributed by atoms with van der Waals surface area (Å²) in [5, 5.41) is 3.74. The number of nitrogens with one attached hydrogen (secondary N) is 2. The summed E-state index contributed by atoms with van der Waals surface area (Å²) in [6.07, 6.45) is -0.160. The number of likely N-dealkylation sites (N-methyl/N-ethyl adjacent to an activating group) is 1. The Morgan fingerprint density at radius 2 is 1.97 bits per heavy atom. The van der Waals surface area contributed by atoms with Gasteiger partial charge in [0.15, 0.2) is 0 Å². The summed E-state index contributed by atoms with van der Waals surface area (Å²) < 4.78 is 39.7. The lowest BCUT2D eigenvalue weighted by Crippen LogP contribution is -2.44. The second-order valence-electron chi connectivity index (χ2n) is 8.33. The zero-order valence-electron chi connectivity index (χ0n) is 19.2. The molecule has 1 aliphatic heterocycles. The van der Waals surface area contributed by atoms with Crippen molar-refractivity contribution in [2.24, 2.45) is 5.92 Å². The maximum atomic E-state index is 13.3. The number of ether oxygens (including phenoxy) is 2. The highest BCUT2D eigenvalue weighted by atomic mass is 35.5. The first-order chi connectivity index (χ1) is 15.6. The van der Waals surface area contributed by atoms with Crippen molar-refractivity contribution >= 4 is 33.2 Å². The highest BCUT2D eigenvalue weighted by Gasteiger charge is 2.26. The maximum absolute atomic E-state index is 13.3. The Morgan fingerprint density at radius 1 is 1.21 bits per heavy atom. The molecule has 33 heavy (non-hydrogen) atoms. The highest BCUT2D eigenvalue weighted by molar-refractivity contribution is 7.92. The SMILES string of the molecule is CO[C@H]1CN(C)C(=O)c2cc(NS(=O)(=O)c3cccc(Cl)c3)ccc2OC[C@H](C)NC[C@@H]1C. The van der Waals surface area contributed by atoms with Crippen molar-refractivity contribution in [3.05, 3.63) is 53.1 Å². The molecule has 0 bridgehead atoms. The van der Waals surface area contributed by atoms with Crippen LogP contribution in [-0.4, -0.2) is 65.2 Å². The summed E-state index contributed by atoms with van der Waals surface area (Å²) >= 11 is 5.94. The molecule has 0 fully saturated rings. The first kappa shape index (κ1) is 25.3. The lowest BCUT2D eigenvalue weighted by molar-refractivity contribution is 0.0281. The highest BCUT2D eigenvalue weighted by Crippen LogP contribution is 2.27. The lowest BCUT2D eigenvalue weighted by atomic mass is 10.0. The number of halogens is 1. The van der Waals surface area contributed by atoms with Gasteiger partial charge in [-0.1, -0.05) is 24.6 Å². The van der Waals surface area contributed by atoms with Gasteiger partial charge in [0.1, 0.15) is 12.4 Å². The van der Waals surface area contributed by atoms with Crippen molar-refractivity contribution in [1.29, 1.82) is 0 Å². The van der Waals surface area contributed by atoms with Gasteiger partial charge in [-0.15, -0.1) is 0 Å². The van der Waals surface area contributed by atoms with E-state index in [0.717, 1.165) is 6.54 Å². The summed E-state index contributed by atoms with van der Waals surface area (Å²) in [5.41, 5.74) is 0.507. The summed E-state index contributed by atoms with van der Waals surface area (Å²) in [6, 6.07) is 10.7. The Morgan fingerprint density at radius 3 is 2.67 bits per heavy atom. The van der Waals surface area contributed by atoms with Gasteiger partial charge in [-0.25, -0.2) is 8.42 Å². The predicted octanol–water partition coefficient (Wildman–Crippen LogP) is 3.23. The molecular formula is C23H30ClN3O5S. The van der Waals surface area contributed by atoms with Crippen LogP contribution in [0.3, 0.4) is 0 Å². The molecule has 10 heteroatoms. The third-order valence-corrected chi connectivity index (χ3v) is 7.20. The monoisotopic (exact) mass is 495 g/mol. The minimum atomic E-state index is -3.89. The van der Waals surface area contributed by atoms with E-state index in [1.165, 1.54) is 18.2 Å². The maximum Gasteiger partial charge on any atom is 0.261 e. The van der Waals surface area contributed by atoms with Gasteiger partial charge in [0.05, 0.1) is 16.6 Å². The molecule has 3 atom stereocenters. The van der Waals surface area contributed by atoms with Crippen LogP contribution in [0.5, 0.6) is 5.75 Å². The Labute approximate surface area is 200 Å². The Hall–Kier alpha value is -2.33. The van der Waals surface area contributed by atoms with Crippen LogP contribution in [0, 0.1) is 5.92 Å². The number of hydrogen-bond donors (Lipinski definition) is 2. The van der Waals surface area contributed by atoms with Gasteiger partial charge in [0, 0.05) is 44.0 Å². The molecule has 0 saturated carbocycles. The van der Waals surface area contributed by atoms with E-state index in [0.29, 0.717) is 23.9 Å². The largest absolute Gasteiger partial charge is 0.491 e. The smallest absolute Gasteiger partial charge is 0.261 e. The van der Waals surface area contributed by atoms with E-state index in [9.17, 15) is 13.2 Å². The minimum Gasteiger partial charge on any atom is -0.491 e. The van der Waals surface area contributed by atoms with Crippen LogP contribution in [0.15, 0.2) is 47.4 Å². The van der Waals surface area contributed by atoms with E-state index < -0.39 is 10.0 Å². The molecule has 0 aliphatic carbocycles. The average molecular weight is 496 g/mol. The normalized spacial score (nSPS) is 22.5. The molecule has 1 amide bonds. The number of carbonyl (C=O) groups excluding carboxylic acids is 1. The number of anilines is 1. The molecule has 8 nitrogen and oxygen atoms in total. The second-order valence-corrected chi connectivity index (χ2v) is 10.5. The molecule has 3 rings (SSSR count). The zero-order valence-corrected chi connectivity index (χ0v) is 20.7. The Kier molecular flexibility index (Phi) is 8.23. The molecule has 1 heterocycles. The molecule has 1 aliphatic rings. The fourth-order valence-corrected chi connectivity index (χ4v) is 4.92. The second kappa shape index (κ2) is 10.7. The molecule has 0 aromatic heterocycles. The lowest BCUT2D eigenvalue weighted by Gasteiger charge is -2.30. The molecule has 0 spiro atoms. The van der Waals surface area contributed by atoms with Gasteiger partial charge >= 0.3 is 0 Å². The first-order valence-corrected chi connectivity index (χ1v) is 12.5. The number of hydrogen-bond acceptors (Lipinski definition) is 6. The predicted molar refractivity (Wildman–Crippen MR) is 129 cm³/mol. The number of nitrogens with zero attached hydrogens (tertiary/aromatic N) is 1. The number of fused-ring (bicyclic) bond motifs is 1. The number of rotatable bonds is 4. The van der Waals surface area contributed by atoms with Crippen LogP contribution in [-0.2, 0) is 14.8 Å². The molecule has 0 saturated heterocycles. The molecule has 2 aromatic carbocycles. The number of methoxy groups -OCH3 is 1. The average Bonchev–Trinajstić information content (AvgIpc) is 2.78. The van der Waals surface area contributed by atoms with Gasteiger partial charge in [-0.2, -0.15) is 0 Å².